The van der Waals surface area contributed by atoms with E-state index in [1.54, 1.807) is 11.3 Å². The number of hydrogen-bond donors (Lipinski definition) is 1. The molecule has 2 aromatic heterocycles. The molecule has 0 saturated carbocycles. The molecule has 1 aliphatic rings. The minimum absolute atomic E-state index is 0.0593. The molecule has 1 amide bonds. The van der Waals surface area contributed by atoms with E-state index in [0.717, 1.165) is 30.8 Å². The van der Waals surface area contributed by atoms with Gasteiger partial charge in [-0.05, 0) is 50.2 Å². The molecule has 1 N–H and O–H groups in total. The lowest BCUT2D eigenvalue weighted by Gasteiger charge is -2.36. The Morgan fingerprint density at radius 2 is 2.15 bits per heavy atom. The van der Waals surface area contributed by atoms with Gasteiger partial charge in [0.25, 0.3) is 11.7 Å². The van der Waals surface area contributed by atoms with Crippen LogP contribution in [-0.2, 0) is 6.18 Å². The fraction of sp³-hybridized carbons (Fsp3) is 0.556. The van der Waals surface area contributed by atoms with E-state index in [1.807, 2.05) is 17.5 Å². The van der Waals surface area contributed by atoms with E-state index in [0.29, 0.717) is 5.92 Å². The summed E-state index contributed by atoms with van der Waals surface area (Å²) in [6, 6.07) is 3.87. The van der Waals surface area contributed by atoms with Crippen molar-refractivity contribution in [2.45, 2.75) is 38.9 Å². The van der Waals surface area contributed by atoms with Crippen LogP contribution in [0.15, 0.2) is 22.0 Å². The van der Waals surface area contributed by atoms with Crippen LogP contribution in [0.2, 0.25) is 0 Å². The normalized spacial score (nSPS) is 17.8. The molecule has 0 radical (unpaired) electrons. The van der Waals surface area contributed by atoms with E-state index < -0.39 is 23.4 Å². The number of carbonyl (C=O) groups excluding carboxylic acids is 1. The summed E-state index contributed by atoms with van der Waals surface area (Å²) in [5.74, 6) is -1.50. The largest absolute Gasteiger partial charge is 0.453 e. The van der Waals surface area contributed by atoms with Crippen LogP contribution in [0.1, 0.15) is 52.5 Å². The van der Waals surface area contributed by atoms with Gasteiger partial charge in [0.2, 0.25) is 0 Å². The number of piperidine rings is 1. The first kappa shape index (κ1) is 19.9. The monoisotopic (exact) mass is 401 g/mol. The van der Waals surface area contributed by atoms with E-state index in [2.05, 4.69) is 26.8 Å². The summed E-state index contributed by atoms with van der Waals surface area (Å²) in [6.45, 7) is 5.58. The number of hydrogen-bond acceptors (Lipinski definition) is 5. The minimum atomic E-state index is -4.76. The zero-order valence-corrected chi connectivity index (χ0v) is 16.0. The highest BCUT2D eigenvalue weighted by molar-refractivity contribution is 7.10. The molecule has 0 aromatic carbocycles. The Balaban J connectivity index is 1.74. The summed E-state index contributed by atoms with van der Waals surface area (Å²) in [7, 11) is 0. The van der Waals surface area contributed by atoms with Crippen molar-refractivity contribution in [3.8, 4) is 0 Å². The number of rotatable bonds is 5. The Morgan fingerprint density at radius 1 is 1.44 bits per heavy atom. The Labute approximate surface area is 159 Å². The Kier molecular flexibility index (Phi) is 5.90. The van der Waals surface area contributed by atoms with Crippen molar-refractivity contribution >= 4 is 17.2 Å². The summed E-state index contributed by atoms with van der Waals surface area (Å²) in [5, 5.41) is 7.94. The minimum Gasteiger partial charge on any atom is -0.351 e. The fourth-order valence-electron chi connectivity index (χ4n) is 3.34. The second-order valence-corrected chi connectivity index (χ2v) is 7.91. The first-order valence-electron chi connectivity index (χ1n) is 8.86. The average Bonchev–Trinajstić information content (AvgIpc) is 3.25. The number of nitrogens with one attached hydrogen (secondary N) is 1. The number of aryl methyl sites for hydroxylation is 1. The molecule has 0 spiro atoms. The highest BCUT2D eigenvalue weighted by atomic mass is 32.1. The molecule has 2 aromatic rings. The summed E-state index contributed by atoms with van der Waals surface area (Å²) in [5.41, 5.74) is -0.612. The van der Waals surface area contributed by atoms with Crippen molar-refractivity contribution in [1.29, 1.82) is 0 Å². The van der Waals surface area contributed by atoms with Gasteiger partial charge in [-0.25, -0.2) is 0 Å². The van der Waals surface area contributed by atoms with Gasteiger partial charge in [0.15, 0.2) is 0 Å². The van der Waals surface area contributed by atoms with Crippen molar-refractivity contribution in [2.75, 3.05) is 19.6 Å². The van der Waals surface area contributed by atoms with Gasteiger partial charge in [0.1, 0.15) is 5.56 Å². The molecule has 0 bridgehead atoms. The van der Waals surface area contributed by atoms with Crippen LogP contribution in [0.25, 0.3) is 0 Å². The first-order chi connectivity index (χ1) is 12.8. The maximum absolute atomic E-state index is 13.1. The van der Waals surface area contributed by atoms with E-state index in [-0.39, 0.29) is 18.3 Å². The molecule has 27 heavy (non-hydrogen) atoms. The number of carbonyl (C=O) groups is 1. The Bertz CT molecular complexity index is 765. The van der Waals surface area contributed by atoms with Crippen molar-refractivity contribution in [3.05, 3.63) is 39.4 Å². The molecular formula is C18H22F3N3O2S. The summed E-state index contributed by atoms with van der Waals surface area (Å²) < 4.78 is 43.5. The van der Waals surface area contributed by atoms with Gasteiger partial charge < -0.3 is 9.84 Å². The van der Waals surface area contributed by atoms with Crippen LogP contribution in [0.5, 0.6) is 0 Å². The maximum atomic E-state index is 13.1. The third-order valence-corrected chi connectivity index (χ3v) is 5.91. The van der Waals surface area contributed by atoms with E-state index in [4.69, 9.17) is 0 Å². The number of likely N-dealkylation sites (tertiary alicyclic amines) is 1. The average molecular weight is 401 g/mol. The smallest absolute Gasteiger partial charge is 0.351 e. The highest BCUT2D eigenvalue weighted by Crippen LogP contribution is 2.34. The molecule has 0 unspecified atom stereocenters. The fourth-order valence-corrected chi connectivity index (χ4v) is 4.20. The predicted molar refractivity (Wildman–Crippen MR) is 95.6 cm³/mol. The van der Waals surface area contributed by atoms with Crippen LogP contribution in [0.3, 0.4) is 0 Å². The number of halogens is 3. The Morgan fingerprint density at radius 3 is 2.74 bits per heavy atom. The summed E-state index contributed by atoms with van der Waals surface area (Å²) >= 11 is 1.58. The molecule has 3 rings (SSSR count). The van der Waals surface area contributed by atoms with Crippen LogP contribution in [0.4, 0.5) is 13.2 Å². The molecule has 148 valence electrons. The molecule has 3 heterocycles. The van der Waals surface area contributed by atoms with E-state index in [1.165, 1.54) is 6.92 Å². The number of amides is 1. The second-order valence-electron chi connectivity index (χ2n) is 6.93. The lowest BCUT2D eigenvalue weighted by Crippen LogP contribution is -2.41. The van der Waals surface area contributed by atoms with Gasteiger partial charge in [0, 0.05) is 11.4 Å². The molecule has 1 fully saturated rings. The number of nitrogens with zero attached hydrogens (tertiary/aromatic N) is 2. The lowest BCUT2D eigenvalue weighted by atomic mass is 9.97. The summed E-state index contributed by atoms with van der Waals surface area (Å²) in [6.07, 6.45) is -2.62. The van der Waals surface area contributed by atoms with Crippen molar-refractivity contribution in [1.82, 2.24) is 15.4 Å². The zero-order chi connectivity index (χ0) is 19.6. The first-order valence-corrected chi connectivity index (χ1v) is 9.74. The maximum Gasteiger partial charge on any atom is 0.453 e. The number of thiophene rings is 1. The zero-order valence-electron chi connectivity index (χ0n) is 15.2. The molecule has 1 saturated heterocycles. The van der Waals surface area contributed by atoms with Crippen molar-refractivity contribution in [3.63, 3.8) is 0 Å². The topological polar surface area (TPSA) is 58.4 Å². The van der Waals surface area contributed by atoms with Crippen LogP contribution >= 0.6 is 11.3 Å². The summed E-state index contributed by atoms with van der Waals surface area (Å²) in [4.78, 5) is 15.9. The van der Waals surface area contributed by atoms with Crippen molar-refractivity contribution < 1.29 is 22.5 Å². The standard InChI is InChI=1S/C18H22F3N3O2S/c1-11-5-7-24(8-6-11)13(14-4-3-9-27-14)10-22-17(25)15-12(2)23-26-16(15)18(19,20)21/h3-4,9,11,13H,5-8,10H2,1-2H3,(H,22,25)/t13-/m1/s1. The molecule has 1 atom stereocenters. The van der Waals surface area contributed by atoms with Crippen LogP contribution in [-0.4, -0.2) is 35.6 Å². The second kappa shape index (κ2) is 8.02. The molecular weight excluding hydrogens is 379 g/mol. The quantitative estimate of drug-likeness (QED) is 0.813. The SMILES string of the molecule is Cc1noc(C(F)(F)F)c1C(=O)NC[C@H](c1cccs1)N1CCC(C)CC1. The van der Waals surface area contributed by atoms with E-state index >= 15 is 0 Å². The molecule has 0 aliphatic carbocycles. The van der Waals surface area contributed by atoms with Crippen LogP contribution < -0.4 is 5.32 Å². The molecule has 5 nitrogen and oxygen atoms in total. The Hall–Kier alpha value is -1.87. The van der Waals surface area contributed by atoms with Crippen molar-refractivity contribution in [2.24, 2.45) is 5.92 Å². The lowest BCUT2D eigenvalue weighted by molar-refractivity contribution is -0.155. The van der Waals surface area contributed by atoms with Gasteiger partial charge in [-0.3, -0.25) is 9.69 Å². The van der Waals surface area contributed by atoms with Gasteiger partial charge >= 0.3 is 6.18 Å². The predicted octanol–water partition coefficient (Wildman–Crippen LogP) is 4.27. The highest BCUT2D eigenvalue weighted by Gasteiger charge is 2.42. The third-order valence-electron chi connectivity index (χ3n) is 4.93. The number of aromatic nitrogens is 1. The van der Waals surface area contributed by atoms with Gasteiger partial charge in [-0.2, -0.15) is 13.2 Å². The van der Waals surface area contributed by atoms with Gasteiger partial charge in [-0.1, -0.05) is 18.1 Å². The van der Waals surface area contributed by atoms with E-state index in [9.17, 15) is 18.0 Å². The molecule has 1 aliphatic heterocycles. The van der Waals surface area contributed by atoms with Gasteiger partial charge in [0.05, 0.1) is 11.7 Å². The number of alkyl halides is 3. The van der Waals surface area contributed by atoms with Crippen LogP contribution in [0, 0.1) is 12.8 Å². The third kappa shape index (κ3) is 4.52. The molecule has 9 heteroatoms. The van der Waals surface area contributed by atoms with Gasteiger partial charge in [-0.15, -0.1) is 11.3 Å².